The van der Waals surface area contributed by atoms with Gasteiger partial charge in [-0.3, -0.25) is 10.1 Å². The molecule has 0 radical (unpaired) electrons. The highest BCUT2D eigenvalue weighted by Crippen LogP contribution is 2.34. The summed E-state index contributed by atoms with van der Waals surface area (Å²) in [7, 11) is 0. The van der Waals surface area contributed by atoms with Crippen molar-refractivity contribution in [1.29, 1.82) is 0 Å². The highest BCUT2D eigenvalue weighted by molar-refractivity contribution is 6.33. The Balaban J connectivity index is 3.08. The molecule has 94 valence electrons. The molecule has 5 heteroatoms. The minimum atomic E-state index is -0.420. The number of nitrogens with zero attached hydrogens (tertiary/aromatic N) is 1. The zero-order valence-corrected chi connectivity index (χ0v) is 11.0. The average molecular weight is 257 g/mol. The molecule has 0 aliphatic heterocycles. The lowest BCUT2D eigenvalue weighted by Crippen LogP contribution is -2.30. The Morgan fingerprint density at radius 3 is 2.65 bits per heavy atom. The number of rotatable bonds is 5. The number of hydrogen-bond donors (Lipinski definition) is 1. The van der Waals surface area contributed by atoms with Gasteiger partial charge in [-0.1, -0.05) is 31.0 Å². The predicted octanol–water partition coefficient (Wildman–Crippen LogP) is 4.24. The minimum absolute atomic E-state index is 0.0154. The Labute approximate surface area is 106 Å². The van der Waals surface area contributed by atoms with Crippen LogP contribution in [-0.4, -0.2) is 10.5 Å². The van der Waals surface area contributed by atoms with Gasteiger partial charge in [0.25, 0.3) is 5.69 Å². The number of anilines is 1. The highest BCUT2D eigenvalue weighted by Gasteiger charge is 2.23. The van der Waals surface area contributed by atoms with Gasteiger partial charge in [0.1, 0.15) is 5.69 Å². The van der Waals surface area contributed by atoms with Crippen molar-refractivity contribution in [2.24, 2.45) is 0 Å². The first-order chi connectivity index (χ1) is 7.87. The monoisotopic (exact) mass is 256 g/mol. The maximum absolute atomic E-state index is 10.9. The Bertz CT molecular complexity index is 419. The Morgan fingerprint density at radius 2 is 2.12 bits per heavy atom. The lowest BCUT2D eigenvalue weighted by molar-refractivity contribution is -0.384. The van der Waals surface area contributed by atoms with Crippen LogP contribution in [0.2, 0.25) is 5.02 Å². The summed E-state index contributed by atoms with van der Waals surface area (Å²) in [5.41, 5.74) is 0.198. The number of halogens is 1. The molecule has 0 unspecified atom stereocenters. The lowest BCUT2D eigenvalue weighted by atomic mass is 9.98. The van der Waals surface area contributed by atoms with Crippen LogP contribution in [0.3, 0.4) is 0 Å². The van der Waals surface area contributed by atoms with Gasteiger partial charge in [0.15, 0.2) is 0 Å². The van der Waals surface area contributed by atoms with Gasteiger partial charge >= 0.3 is 0 Å². The normalized spacial score (nSPS) is 11.3. The fourth-order valence-corrected chi connectivity index (χ4v) is 2.03. The second-order valence-corrected chi connectivity index (χ2v) is 5.06. The van der Waals surface area contributed by atoms with Gasteiger partial charge < -0.3 is 5.32 Å². The van der Waals surface area contributed by atoms with Crippen molar-refractivity contribution in [2.75, 3.05) is 5.32 Å². The minimum Gasteiger partial charge on any atom is -0.373 e. The van der Waals surface area contributed by atoms with E-state index in [4.69, 9.17) is 11.6 Å². The van der Waals surface area contributed by atoms with E-state index in [2.05, 4.69) is 12.2 Å². The molecule has 1 N–H and O–H groups in total. The van der Waals surface area contributed by atoms with Crippen molar-refractivity contribution in [3.63, 3.8) is 0 Å². The molecule has 0 saturated carbocycles. The zero-order chi connectivity index (χ0) is 13.1. The van der Waals surface area contributed by atoms with Gasteiger partial charge in [-0.05, 0) is 26.3 Å². The molecule has 0 atom stereocenters. The summed E-state index contributed by atoms with van der Waals surface area (Å²) in [4.78, 5) is 10.5. The second-order valence-electron chi connectivity index (χ2n) is 4.65. The molecule has 0 aromatic heterocycles. The largest absolute Gasteiger partial charge is 0.373 e. The van der Waals surface area contributed by atoms with E-state index in [1.807, 2.05) is 13.8 Å². The molecule has 0 aliphatic carbocycles. The average Bonchev–Trinajstić information content (AvgIpc) is 2.20. The Kier molecular flexibility index (Phi) is 4.34. The molecule has 17 heavy (non-hydrogen) atoms. The van der Waals surface area contributed by atoms with Gasteiger partial charge in [-0.25, -0.2) is 0 Å². The number of para-hydroxylation sites is 1. The third-order valence-electron chi connectivity index (χ3n) is 2.53. The van der Waals surface area contributed by atoms with Crippen molar-refractivity contribution in [3.8, 4) is 0 Å². The first kappa shape index (κ1) is 13.8. The number of benzene rings is 1. The van der Waals surface area contributed by atoms with Crippen molar-refractivity contribution >= 4 is 23.0 Å². The number of nitrogens with one attached hydrogen (secondary N) is 1. The standard InChI is InChI=1S/C12H17ClN2O2/c1-4-8-12(2,3)14-11-9(13)6-5-7-10(11)15(16)17/h5-7,14H,4,8H2,1-3H3. The molecule has 0 aliphatic rings. The fourth-order valence-electron chi connectivity index (χ4n) is 1.81. The fraction of sp³-hybridized carbons (Fsp3) is 0.500. The number of nitro groups is 1. The molecular weight excluding hydrogens is 240 g/mol. The molecule has 1 rings (SSSR count). The molecule has 0 heterocycles. The van der Waals surface area contributed by atoms with Crippen LogP contribution in [-0.2, 0) is 0 Å². The first-order valence-electron chi connectivity index (χ1n) is 5.58. The van der Waals surface area contributed by atoms with Gasteiger partial charge in [0.2, 0.25) is 0 Å². The summed E-state index contributed by atoms with van der Waals surface area (Å²) in [6.07, 6.45) is 1.91. The van der Waals surface area contributed by atoms with Crippen molar-refractivity contribution in [2.45, 2.75) is 39.2 Å². The molecule has 0 bridgehead atoms. The SMILES string of the molecule is CCCC(C)(C)Nc1c(Cl)cccc1[N+](=O)[O-]. The molecule has 0 amide bonds. The first-order valence-corrected chi connectivity index (χ1v) is 5.96. The van der Waals surface area contributed by atoms with Crippen LogP contribution >= 0.6 is 11.6 Å². The molecule has 1 aromatic carbocycles. The lowest BCUT2D eigenvalue weighted by Gasteiger charge is -2.27. The van der Waals surface area contributed by atoms with E-state index < -0.39 is 4.92 Å². The third kappa shape index (κ3) is 3.60. The molecular formula is C12H17ClN2O2. The van der Waals surface area contributed by atoms with Crippen molar-refractivity contribution in [3.05, 3.63) is 33.3 Å². The van der Waals surface area contributed by atoms with E-state index in [1.54, 1.807) is 12.1 Å². The van der Waals surface area contributed by atoms with Crippen molar-refractivity contribution in [1.82, 2.24) is 0 Å². The van der Waals surface area contributed by atoms with E-state index in [9.17, 15) is 10.1 Å². The predicted molar refractivity (Wildman–Crippen MR) is 70.7 cm³/mol. The summed E-state index contributed by atoms with van der Waals surface area (Å²) in [5.74, 6) is 0. The van der Waals surface area contributed by atoms with E-state index in [1.165, 1.54) is 6.07 Å². The summed E-state index contributed by atoms with van der Waals surface area (Å²) >= 11 is 6.01. The van der Waals surface area contributed by atoms with Gasteiger partial charge in [0, 0.05) is 11.6 Å². The maximum Gasteiger partial charge on any atom is 0.293 e. The van der Waals surface area contributed by atoms with Gasteiger partial charge in [0.05, 0.1) is 9.95 Å². The smallest absolute Gasteiger partial charge is 0.293 e. The summed E-state index contributed by atoms with van der Waals surface area (Å²) in [5, 5.41) is 14.5. The van der Waals surface area contributed by atoms with Crippen LogP contribution in [0.15, 0.2) is 18.2 Å². The van der Waals surface area contributed by atoms with Gasteiger partial charge in [-0.15, -0.1) is 0 Å². The van der Waals surface area contributed by atoms with Crippen LogP contribution in [0.4, 0.5) is 11.4 Å². The van der Waals surface area contributed by atoms with E-state index >= 15 is 0 Å². The van der Waals surface area contributed by atoms with Crippen molar-refractivity contribution < 1.29 is 4.92 Å². The summed E-state index contributed by atoms with van der Waals surface area (Å²) < 4.78 is 0. The topological polar surface area (TPSA) is 55.2 Å². The Hall–Kier alpha value is -1.29. The Morgan fingerprint density at radius 1 is 1.47 bits per heavy atom. The molecule has 0 spiro atoms. The number of nitro benzene ring substituents is 1. The maximum atomic E-state index is 10.9. The molecule has 0 fully saturated rings. The van der Waals surface area contributed by atoms with Crippen LogP contribution in [0.25, 0.3) is 0 Å². The highest BCUT2D eigenvalue weighted by atomic mass is 35.5. The summed E-state index contributed by atoms with van der Waals surface area (Å²) in [6.45, 7) is 6.08. The molecule has 0 saturated heterocycles. The van der Waals surface area contributed by atoms with Crippen LogP contribution in [0.5, 0.6) is 0 Å². The zero-order valence-electron chi connectivity index (χ0n) is 10.3. The van der Waals surface area contributed by atoms with Crippen LogP contribution < -0.4 is 5.32 Å². The quantitative estimate of drug-likeness (QED) is 0.633. The van der Waals surface area contributed by atoms with E-state index in [-0.39, 0.29) is 11.2 Å². The summed E-state index contributed by atoms with van der Waals surface area (Å²) in [6, 6.07) is 4.69. The van der Waals surface area contributed by atoms with E-state index in [0.29, 0.717) is 10.7 Å². The molecule has 1 aromatic rings. The van der Waals surface area contributed by atoms with Crippen LogP contribution in [0.1, 0.15) is 33.6 Å². The third-order valence-corrected chi connectivity index (χ3v) is 2.84. The number of hydrogen-bond acceptors (Lipinski definition) is 3. The van der Waals surface area contributed by atoms with Crippen LogP contribution in [0, 0.1) is 10.1 Å². The second kappa shape index (κ2) is 5.36. The van der Waals surface area contributed by atoms with Gasteiger partial charge in [-0.2, -0.15) is 0 Å². The van der Waals surface area contributed by atoms with E-state index in [0.717, 1.165) is 12.8 Å². The molecule has 4 nitrogen and oxygen atoms in total.